The lowest BCUT2D eigenvalue weighted by Crippen LogP contribution is -2.66. The largest absolute Gasteiger partial charge is 0.432 e. The van der Waals surface area contributed by atoms with Crippen LogP contribution < -0.4 is 0 Å². The van der Waals surface area contributed by atoms with Gasteiger partial charge < -0.3 is 124 Å². The van der Waals surface area contributed by atoms with Crippen molar-refractivity contribution in [2.24, 2.45) is 50.2 Å². The highest BCUT2D eigenvalue weighted by Gasteiger charge is 2.70. The van der Waals surface area contributed by atoms with E-state index in [1.807, 2.05) is 0 Å². The second-order valence-electron chi connectivity index (χ2n) is 28.7. The van der Waals surface area contributed by atoms with Crippen LogP contribution in [0.3, 0.4) is 0 Å². The van der Waals surface area contributed by atoms with Gasteiger partial charge in [0.2, 0.25) is 6.29 Å². The van der Waals surface area contributed by atoms with Crippen LogP contribution in [-0.2, 0) is 52.2 Å². The van der Waals surface area contributed by atoms with Gasteiger partial charge >= 0.3 is 5.97 Å². The Labute approximate surface area is 494 Å². The summed E-state index contributed by atoms with van der Waals surface area (Å²) in [5.74, 6) is -0.583. The molecule has 0 spiro atoms. The third-order valence-electron chi connectivity index (χ3n) is 23.1. The van der Waals surface area contributed by atoms with Crippen LogP contribution in [0.15, 0.2) is 11.6 Å². The SMILES string of the molecule is C[C@H]1O[C@@H](O[C@H]2CO[C@@H](O[C@H]3CC[C@@]4(C)[C@@H](CC[C@]5(C)[C@H]4CC=C4[C@@H]6CC(C)(C)CC[C@]6(C(=O)O[C@@H]6O[C@H](CO[C@@H]7O[C@H](CO)[C@H](O)[C@H](O)[C@H]7O)[C@@H](O)[C@H](O)[C@H]6O)CC[C@]45C)C3(C)C)[C@H](O[C@@H]3O[C@H](CO)[C@@H](O)[C@H](O)[C@H]3O)[C@H]2O)[C@@H](O)[C@@H](O)[C@@H]1O. The maximum atomic E-state index is 15.2. The minimum Gasteiger partial charge on any atom is -0.432 e. The van der Waals surface area contributed by atoms with Crippen molar-refractivity contribution < 1.29 is 129 Å². The first kappa shape index (κ1) is 66.2. The molecule has 0 aromatic rings. The van der Waals surface area contributed by atoms with Gasteiger partial charge in [-0.3, -0.25) is 4.79 Å². The molecule has 10 aliphatic rings. The Morgan fingerprint density at radius 2 is 1.11 bits per heavy atom. The summed E-state index contributed by atoms with van der Waals surface area (Å²) in [5.41, 5.74) is -1.38. The molecule has 488 valence electrons. The van der Waals surface area contributed by atoms with Crippen LogP contribution in [0.4, 0.5) is 0 Å². The number of fused-ring (bicyclic) bond motifs is 7. The first-order valence-electron chi connectivity index (χ1n) is 30.6. The molecule has 26 heteroatoms. The van der Waals surface area contributed by atoms with E-state index in [4.69, 9.17) is 47.4 Å². The maximum Gasteiger partial charge on any atom is 0.315 e. The van der Waals surface area contributed by atoms with E-state index in [-0.39, 0.29) is 46.0 Å². The summed E-state index contributed by atoms with van der Waals surface area (Å²) in [6.07, 6.45) is -29.6. The molecule has 0 unspecified atom stereocenters. The normalized spacial score (nSPS) is 54.1. The summed E-state index contributed by atoms with van der Waals surface area (Å²) in [4.78, 5) is 15.2. The number of aliphatic hydroxyl groups excluding tert-OH is 15. The maximum absolute atomic E-state index is 15.2. The number of allylic oxidation sites excluding steroid dienone is 2. The molecule has 5 heterocycles. The Morgan fingerprint density at radius 3 is 1.74 bits per heavy atom. The minimum absolute atomic E-state index is 0.0898. The number of ether oxygens (including phenoxy) is 10. The molecule has 85 heavy (non-hydrogen) atoms. The van der Waals surface area contributed by atoms with Crippen LogP contribution in [0.2, 0.25) is 0 Å². The topological polar surface area (TPSA) is 413 Å². The molecule has 5 saturated heterocycles. The van der Waals surface area contributed by atoms with Crippen molar-refractivity contribution in [3.63, 3.8) is 0 Å². The van der Waals surface area contributed by atoms with E-state index in [2.05, 4.69) is 54.5 Å². The Bertz CT molecular complexity index is 2360. The molecular formula is C59H96O26. The van der Waals surface area contributed by atoms with Crippen LogP contribution in [-0.4, -0.2) is 263 Å². The number of aliphatic hydroxyl groups is 15. The molecule has 9 fully saturated rings. The Kier molecular flexibility index (Phi) is 19.0. The molecule has 0 aromatic heterocycles. The lowest BCUT2D eigenvalue weighted by Gasteiger charge is -2.71. The smallest absolute Gasteiger partial charge is 0.315 e. The fraction of sp³-hybridized carbons (Fsp3) is 0.949. The third-order valence-corrected chi connectivity index (χ3v) is 23.1. The van der Waals surface area contributed by atoms with Gasteiger partial charge in [0.25, 0.3) is 0 Å². The van der Waals surface area contributed by atoms with Gasteiger partial charge in [-0.2, -0.15) is 0 Å². The zero-order valence-electron chi connectivity index (χ0n) is 49.8. The van der Waals surface area contributed by atoms with Gasteiger partial charge in [0.05, 0.1) is 44.1 Å². The lowest BCUT2D eigenvalue weighted by molar-refractivity contribution is -0.381. The van der Waals surface area contributed by atoms with Crippen molar-refractivity contribution in [2.45, 2.75) is 273 Å². The summed E-state index contributed by atoms with van der Waals surface area (Å²) in [6, 6.07) is 0. The van der Waals surface area contributed by atoms with Crippen molar-refractivity contribution >= 4 is 5.97 Å². The molecule has 0 bridgehead atoms. The molecule has 4 saturated carbocycles. The van der Waals surface area contributed by atoms with Crippen LogP contribution in [0.25, 0.3) is 0 Å². The highest BCUT2D eigenvalue weighted by molar-refractivity contribution is 5.79. The number of carbonyl (C=O) groups is 1. The number of esters is 1. The second kappa shape index (κ2) is 24.4. The molecule has 5 aliphatic carbocycles. The number of rotatable bonds is 13. The van der Waals surface area contributed by atoms with E-state index in [1.165, 1.54) is 12.5 Å². The Balaban J connectivity index is 0.863. The summed E-state index contributed by atoms with van der Waals surface area (Å²) in [5, 5.41) is 160. The molecular weight excluding hydrogens is 1120 g/mol. The van der Waals surface area contributed by atoms with E-state index in [0.717, 1.165) is 25.7 Å². The van der Waals surface area contributed by atoms with Crippen molar-refractivity contribution in [1.82, 2.24) is 0 Å². The van der Waals surface area contributed by atoms with E-state index in [0.29, 0.717) is 38.5 Å². The van der Waals surface area contributed by atoms with E-state index < -0.39 is 190 Å². The van der Waals surface area contributed by atoms with E-state index in [1.54, 1.807) is 0 Å². The second-order valence-corrected chi connectivity index (χ2v) is 28.7. The van der Waals surface area contributed by atoms with Crippen LogP contribution in [0.5, 0.6) is 0 Å². The standard InChI is InChI=1S/C59H96O26/c1-24-34(62)39(67)44(72)49(78-24)82-30-23-77-52(47(38(30)66)84-50-45(73)41(69)36(64)28(21-61)80-50)83-33-12-13-56(6)31(55(33,4)5)11-14-58(8)32(56)10-9-25-26-19-54(2,3)15-17-59(26,18-16-57(25,58)7)53(75)85-51-46(74)42(70)37(65)29(81-51)22-76-48-43(71)40(68)35(63)27(20-60)79-48/h9,24,26-52,60-74H,10-23H2,1-8H3/t24-,26+,27-,28-,29-,30+,31+,32+,33+,34-,35+,36-,37-,38+,39+,40+,41+,42+,43-,44+,45-,46-,47-,48-,49+,50+,51+,52+,56+,57-,58-,59+/m1/s1. The first-order valence-corrected chi connectivity index (χ1v) is 30.6. The highest BCUT2D eigenvalue weighted by atomic mass is 16.8. The van der Waals surface area contributed by atoms with Gasteiger partial charge in [-0.25, -0.2) is 0 Å². The quantitative estimate of drug-likeness (QED) is 0.0513. The monoisotopic (exact) mass is 1220 g/mol. The van der Waals surface area contributed by atoms with Crippen LogP contribution in [0, 0.1) is 50.2 Å². The predicted octanol–water partition coefficient (Wildman–Crippen LogP) is -2.54. The average Bonchev–Trinajstić information content (AvgIpc) is 0.708. The third kappa shape index (κ3) is 11.2. The molecule has 0 radical (unpaired) electrons. The van der Waals surface area contributed by atoms with Crippen molar-refractivity contribution in [3.8, 4) is 0 Å². The Morgan fingerprint density at radius 1 is 0.553 bits per heavy atom. The van der Waals surface area contributed by atoms with E-state index in [9.17, 15) is 76.6 Å². The molecule has 0 amide bonds. The van der Waals surface area contributed by atoms with Gasteiger partial charge in [-0.15, -0.1) is 0 Å². The lowest BCUT2D eigenvalue weighted by atomic mass is 9.33. The zero-order chi connectivity index (χ0) is 62.0. The summed E-state index contributed by atoms with van der Waals surface area (Å²) >= 11 is 0. The average molecular weight is 1220 g/mol. The van der Waals surface area contributed by atoms with Gasteiger partial charge in [0.1, 0.15) is 110 Å². The van der Waals surface area contributed by atoms with Gasteiger partial charge in [0, 0.05) is 0 Å². The molecule has 0 aromatic carbocycles. The summed E-state index contributed by atoms with van der Waals surface area (Å²) < 4.78 is 60.2. The van der Waals surface area contributed by atoms with Crippen molar-refractivity contribution in [1.29, 1.82) is 0 Å². The molecule has 26 nitrogen and oxygen atoms in total. The molecule has 5 aliphatic heterocycles. The van der Waals surface area contributed by atoms with Crippen LogP contribution >= 0.6 is 0 Å². The van der Waals surface area contributed by atoms with Gasteiger partial charge in [-0.1, -0.05) is 60.1 Å². The van der Waals surface area contributed by atoms with Crippen molar-refractivity contribution in [2.75, 3.05) is 26.4 Å². The molecule has 32 atom stereocenters. The Hall–Kier alpha value is -1.75. The fourth-order valence-corrected chi connectivity index (χ4v) is 17.5. The van der Waals surface area contributed by atoms with E-state index >= 15 is 4.79 Å². The number of carbonyl (C=O) groups excluding carboxylic acids is 1. The number of hydrogen-bond acceptors (Lipinski definition) is 26. The summed E-state index contributed by atoms with van der Waals surface area (Å²) in [6.45, 7) is 15.0. The van der Waals surface area contributed by atoms with Gasteiger partial charge in [-0.05, 0) is 116 Å². The fourth-order valence-electron chi connectivity index (χ4n) is 17.5. The summed E-state index contributed by atoms with van der Waals surface area (Å²) in [7, 11) is 0. The first-order chi connectivity index (χ1) is 39.8. The van der Waals surface area contributed by atoms with Crippen LogP contribution in [0.1, 0.15) is 120 Å². The molecule has 15 N–H and O–H groups in total. The molecule has 10 rings (SSSR count). The highest BCUT2D eigenvalue weighted by Crippen LogP contribution is 2.76. The zero-order valence-corrected chi connectivity index (χ0v) is 49.8. The van der Waals surface area contributed by atoms with Gasteiger partial charge in [0.15, 0.2) is 25.2 Å². The predicted molar refractivity (Wildman–Crippen MR) is 288 cm³/mol. The number of hydrogen-bond donors (Lipinski definition) is 15. The van der Waals surface area contributed by atoms with Crippen molar-refractivity contribution in [3.05, 3.63) is 11.6 Å². The minimum atomic E-state index is -1.85.